The van der Waals surface area contributed by atoms with Gasteiger partial charge < -0.3 is 12.4 Å². The van der Waals surface area contributed by atoms with Crippen molar-refractivity contribution in [1.82, 2.24) is 0 Å². The second-order valence-corrected chi connectivity index (χ2v) is 8.20. The van der Waals surface area contributed by atoms with E-state index in [0.717, 1.165) is 18.9 Å². The first-order valence-electron chi connectivity index (χ1n) is 8.85. The molecule has 142 valence electrons. The minimum absolute atomic E-state index is 0. The number of aryl methyl sites for hydroxylation is 1. The molecule has 2 nitrogen and oxygen atoms in total. The van der Waals surface area contributed by atoms with E-state index in [1.54, 1.807) is 6.07 Å². The maximum Gasteiger partial charge on any atom is 0.416 e. The molecule has 2 atom stereocenters. The summed E-state index contributed by atoms with van der Waals surface area (Å²) in [6.07, 6.45) is 0.447. The van der Waals surface area contributed by atoms with Gasteiger partial charge in [-0.05, 0) is 50.8 Å². The maximum absolute atomic E-state index is 13.0. The molecule has 0 N–H and O–H groups in total. The minimum Gasteiger partial charge on any atom is -1.00 e. The van der Waals surface area contributed by atoms with Crippen LogP contribution in [0, 0.1) is 0 Å². The lowest BCUT2D eigenvalue weighted by Crippen LogP contribution is -3.00. The molecule has 7 heteroatoms. The molecule has 26 heavy (non-hydrogen) atoms. The number of hydrogen-bond acceptors (Lipinski definition) is 2. The van der Waals surface area contributed by atoms with Crippen LogP contribution in [0.3, 0.4) is 0 Å². The van der Waals surface area contributed by atoms with Gasteiger partial charge in [-0.15, -0.1) is 0 Å². The highest BCUT2D eigenvalue weighted by atomic mass is 35.5. The molecule has 1 aliphatic heterocycles. The Labute approximate surface area is 162 Å². The van der Waals surface area contributed by atoms with Crippen LogP contribution in [0.25, 0.3) is 0 Å². The van der Waals surface area contributed by atoms with E-state index in [1.807, 2.05) is 11.3 Å². The van der Waals surface area contributed by atoms with E-state index in [2.05, 4.69) is 23.3 Å². The topological polar surface area (TPSA) is 7.12 Å². The highest BCUT2D eigenvalue weighted by molar-refractivity contribution is 7.15. The van der Waals surface area contributed by atoms with E-state index >= 15 is 0 Å². The fraction of sp³-hybridized carbons (Fsp3) is 0.526. The van der Waals surface area contributed by atoms with Gasteiger partial charge in [0.15, 0.2) is 0 Å². The van der Waals surface area contributed by atoms with Gasteiger partial charge in [-0.25, -0.2) is 9.47 Å². The molecule has 2 unspecified atom stereocenters. The monoisotopic (exact) mass is 402 g/mol. The zero-order valence-corrected chi connectivity index (χ0v) is 16.4. The van der Waals surface area contributed by atoms with Gasteiger partial charge in [0.05, 0.1) is 10.4 Å². The van der Waals surface area contributed by atoms with Crippen molar-refractivity contribution in [1.29, 1.82) is 0 Å². The molecule has 1 aliphatic carbocycles. The number of hydrogen-bond donors (Lipinski definition) is 0. The number of thiazole rings is 1. The quantitative estimate of drug-likeness (QED) is 0.696. The molecular formula is C19H22ClF3N2S. The molecule has 2 aliphatic rings. The van der Waals surface area contributed by atoms with Gasteiger partial charge in [-0.3, -0.25) is 0 Å². The third-order valence-electron chi connectivity index (χ3n) is 5.55. The van der Waals surface area contributed by atoms with E-state index < -0.39 is 11.7 Å². The summed E-state index contributed by atoms with van der Waals surface area (Å²) in [5, 5.41) is 1.21. The molecule has 0 saturated carbocycles. The number of aromatic nitrogens is 1. The third kappa shape index (κ3) is 3.22. The molecule has 0 radical (unpaired) electrons. The fourth-order valence-electron chi connectivity index (χ4n) is 4.02. The van der Waals surface area contributed by atoms with Crippen molar-refractivity contribution in [2.24, 2.45) is 0 Å². The number of halogens is 4. The van der Waals surface area contributed by atoms with Crippen LogP contribution >= 0.6 is 11.3 Å². The highest BCUT2D eigenvalue weighted by Crippen LogP contribution is 2.39. The molecule has 1 aromatic heterocycles. The van der Waals surface area contributed by atoms with Gasteiger partial charge in [0.25, 0.3) is 0 Å². The Morgan fingerprint density at radius 2 is 1.92 bits per heavy atom. The molecule has 2 heterocycles. The van der Waals surface area contributed by atoms with Crippen LogP contribution in [-0.2, 0) is 25.6 Å². The van der Waals surface area contributed by atoms with Crippen molar-refractivity contribution in [2.45, 2.75) is 64.3 Å². The molecular weight excluding hydrogens is 381 g/mol. The summed E-state index contributed by atoms with van der Waals surface area (Å²) < 4.78 is 41.4. The van der Waals surface area contributed by atoms with Gasteiger partial charge in [-0.2, -0.15) is 13.2 Å². The summed E-state index contributed by atoms with van der Waals surface area (Å²) in [5.41, 5.74) is 1.61. The summed E-state index contributed by atoms with van der Waals surface area (Å²) in [5.74, 6) is 0. The van der Waals surface area contributed by atoms with Crippen LogP contribution in [0.2, 0.25) is 0 Å². The predicted molar refractivity (Wildman–Crippen MR) is 93.0 cm³/mol. The summed E-state index contributed by atoms with van der Waals surface area (Å²) in [6.45, 7) is 4.92. The normalized spacial score (nSPS) is 22.0. The second-order valence-electron chi connectivity index (χ2n) is 7.14. The van der Waals surface area contributed by atoms with Crippen LogP contribution in [0.1, 0.15) is 54.4 Å². The van der Waals surface area contributed by atoms with Crippen molar-refractivity contribution in [3.63, 3.8) is 0 Å². The Kier molecular flexibility index (Phi) is 5.28. The standard InChI is InChI=1S/C19H22F3N2S.ClH/c1-12-13(2)24-16-8-3-4-9-17(16)25-18(24)23(12)11-14-6-5-7-15(10-14)19(20,21)22;/h5-7,10,12-13H,3-4,8-9,11H2,1-2H3;1H/q+1;/p-1. The molecule has 2 aromatic rings. The Hall–Kier alpha value is -1.27. The van der Waals surface area contributed by atoms with Crippen LogP contribution in [-0.4, -0.2) is 6.04 Å². The molecule has 1 aromatic carbocycles. The van der Waals surface area contributed by atoms with Crippen molar-refractivity contribution in [3.8, 4) is 0 Å². The fourth-order valence-corrected chi connectivity index (χ4v) is 5.53. The first-order chi connectivity index (χ1) is 11.9. The van der Waals surface area contributed by atoms with Crippen molar-refractivity contribution >= 4 is 16.5 Å². The Morgan fingerprint density at radius 3 is 2.65 bits per heavy atom. The second kappa shape index (κ2) is 7.04. The molecule has 4 rings (SSSR count). The number of rotatable bonds is 2. The minimum atomic E-state index is -4.29. The van der Waals surface area contributed by atoms with E-state index in [9.17, 15) is 13.2 Å². The van der Waals surface area contributed by atoms with Crippen LogP contribution in [0.5, 0.6) is 0 Å². The molecule has 0 fully saturated rings. The Balaban J connectivity index is 0.00000196. The van der Waals surface area contributed by atoms with Crippen molar-refractivity contribution < 1.29 is 30.1 Å². The molecule has 0 amide bonds. The third-order valence-corrected chi connectivity index (χ3v) is 6.85. The number of alkyl halides is 3. The summed E-state index contributed by atoms with van der Waals surface area (Å²) in [4.78, 5) is 3.75. The zero-order chi connectivity index (χ0) is 17.8. The van der Waals surface area contributed by atoms with E-state index in [4.69, 9.17) is 0 Å². The van der Waals surface area contributed by atoms with Crippen molar-refractivity contribution in [3.05, 3.63) is 46.0 Å². The van der Waals surface area contributed by atoms with E-state index in [-0.39, 0.29) is 18.4 Å². The average molecular weight is 403 g/mol. The first-order valence-corrected chi connectivity index (χ1v) is 9.67. The van der Waals surface area contributed by atoms with E-state index in [1.165, 1.54) is 40.7 Å². The lowest BCUT2D eigenvalue weighted by atomic mass is 10.0. The summed E-state index contributed by atoms with van der Waals surface area (Å²) >= 11 is 1.84. The molecule has 0 saturated heterocycles. The number of nitrogens with zero attached hydrogens (tertiary/aromatic N) is 2. The lowest BCUT2D eigenvalue weighted by molar-refractivity contribution is -0.700. The van der Waals surface area contributed by atoms with Crippen LogP contribution in [0.4, 0.5) is 18.3 Å². The lowest BCUT2D eigenvalue weighted by Gasteiger charge is -2.18. The number of fused-ring (bicyclic) bond motifs is 3. The summed E-state index contributed by atoms with van der Waals surface area (Å²) in [6, 6.07) is 6.38. The Morgan fingerprint density at radius 1 is 1.19 bits per heavy atom. The Bertz CT molecular complexity index is 803. The highest BCUT2D eigenvalue weighted by Gasteiger charge is 2.45. The molecule has 0 bridgehead atoms. The zero-order valence-electron chi connectivity index (χ0n) is 14.8. The van der Waals surface area contributed by atoms with Crippen LogP contribution < -0.4 is 21.9 Å². The number of anilines is 1. The van der Waals surface area contributed by atoms with Crippen molar-refractivity contribution in [2.75, 3.05) is 4.90 Å². The average Bonchev–Trinajstić information content (AvgIpc) is 3.06. The summed E-state index contributed by atoms with van der Waals surface area (Å²) in [7, 11) is 0. The van der Waals surface area contributed by atoms with Gasteiger partial charge in [-0.1, -0.05) is 23.5 Å². The number of benzene rings is 1. The SMILES string of the molecule is CC1C(C)[n+]2c(sc3c2CCCC3)N1Cc1cccc(C(F)(F)F)c1.[Cl-]. The smallest absolute Gasteiger partial charge is 0.416 e. The van der Waals surface area contributed by atoms with Gasteiger partial charge in [0, 0.05) is 6.42 Å². The largest absolute Gasteiger partial charge is 1.00 e. The van der Waals surface area contributed by atoms with Crippen LogP contribution in [0.15, 0.2) is 24.3 Å². The van der Waals surface area contributed by atoms with Gasteiger partial charge in [0.2, 0.25) is 0 Å². The molecule has 0 spiro atoms. The first kappa shape index (κ1) is 19.5. The van der Waals surface area contributed by atoms with E-state index in [0.29, 0.717) is 18.2 Å². The predicted octanol–water partition coefficient (Wildman–Crippen LogP) is 1.91. The maximum atomic E-state index is 13.0. The van der Waals surface area contributed by atoms with Gasteiger partial charge >= 0.3 is 11.3 Å². The van der Waals surface area contributed by atoms with Gasteiger partial charge in [0.1, 0.15) is 24.3 Å².